The molecule has 2 N–H and O–H groups in total. The molecule has 2 aromatic rings. The van der Waals surface area contributed by atoms with Crippen molar-refractivity contribution in [3.05, 3.63) is 62.6 Å². The normalized spacial score (nSPS) is 12.4. The molecule has 0 amide bonds. The van der Waals surface area contributed by atoms with E-state index in [1.165, 1.54) is 24.3 Å². The van der Waals surface area contributed by atoms with Crippen LogP contribution >= 0.6 is 0 Å². The Morgan fingerprint density at radius 3 is 2.37 bits per heavy atom. The summed E-state index contributed by atoms with van der Waals surface area (Å²) in [5.74, 6) is -0.413. The summed E-state index contributed by atoms with van der Waals surface area (Å²) in [6.45, 7) is 3.48. The van der Waals surface area contributed by atoms with Gasteiger partial charge >= 0.3 is 5.88 Å². The highest BCUT2D eigenvalue weighted by molar-refractivity contribution is 5.40. The van der Waals surface area contributed by atoms with Crippen molar-refractivity contribution in [3.63, 3.8) is 0 Å². The standard InChI is InChI=1S/C13H13FN2O3/c1-7-5-9(14)6-8(2)12(7)13(15)10-3-4-11(19-10)16(17)18/h3-6,13H,15H2,1-2H3. The Morgan fingerprint density at radius 1 is 1.32 bits per heavy atom. The number of hydrogen-bond donors (Lipinski definition) is 1. The quantitative estimate of drug-likeness (QED) is 0.682. The summed E-state index contributed by atoms with van der Waals surface area (Å²) < 4.78 is 18.3. The van der Waals surface area contributed by atoms with Crippen molar-refractivity contribution < 1.29 is 13.7 Å². The molecular weight excluding hydrogens is 251 g/mol. The van der Waals surface area contributed by atoms with Gasteiger partial charge in [-0.05, 0) is 48.7 Å². The molecule has 5 nitrogen and oxygen atoms in total. The van der Waals surface area contributed by atoms with Gasteiger partial charge in [0, 0.05) is 0 Å². The molecule has 1 aromatic heterocycles. The van der Waals surface area contributed by atoms with Gasteiger partial charge in [-0.15, -0.1) is 0 Å². The molecule has 19 heavy (non-hydrogen) atoms. The maximum Gasteiger partial charge on any atom is 0.433 e. The van der Waals surface area contributed by atoms with Crippen LogP contribution in [0.25, 0.3) is 0 Å². The van der Waals surface area contributed by atoms with Gasteiger partial charge in [0.25, 0.3) is 0 Å². The van der Waals surface area contributed by atoms with E-state index in [1.54, 1.807) is 13.8 Å². The first-order valence-electron chi connectivity index (χ1n) is 5.66. The lowest BCUT2D eigenvalue weighted by Crippen LogP contribution is -2.14. The lowest BCUT2D eigenvalue weighted by atomic mass is 9.95. The highest BCUT2D eigenvalue weighted by Crippen LogP contribution is 2.29. The predicted octanol–water partition coefficient (Wildman–Crippen LogP) is 2.99. The number of nitro groups is 1. The average Bonchev–Trinajstić information content (AvgIpc) is 2.76. The number of hydrogen-bond acceptors (Lipinski definition) is 4. The van der Waals surface area contributed by atoms with Gasteiger partial charge < -0.3 is 10.2 Å². The molecule has 0 fully saturated rings. The lowest BCUT2D eigenvalue weighted by Gasteiger charge is -2.15. The molecule has 0 aliphatic rings. The highest BCUT2D eigenvalue weighted by atomic mass is 19.1. The molecule has 0 spiro atoms. The first kappa shape index (κ1) is 13.2. The second kappa shape index (κ2) is 4.81. The molecule has 0 saturated carbocycles. The smallest absolute Gasteiger partial charge is 0.404 e. The van der Waals surface area contributed by atoms with Crippen molar-refractivity contribution in [3.8, 4) is 0 Å². The van der Waals surface area contributed by atoms with E-state index in [0.717, 1.165) is 0 Å². The third-order valence-electron chi connectivity index (χ3n) is 2.97. The van der Waals surface area contributed by atoms with Gasteiger partial charge in [0.2, 0.25) is 0 Å². The van der Waals surface area contributed by atoms with Crippen LogP contribution in [0, 0.1) is 29.8 Å². The fraction of sp³-hybridized carbons (Fsp3) is 0.231. The van der Waals surface area contributed by atoms with Crippen LogP contribution < -0.4 is 5.73 Å². The van der Waals surface area contributed by atoms with Crippen molar-refractivity contribution in [2.75, 3.05) is 0 Å². The number of nitrogens with zero attached hydrogens (tertiary/aromatic N) is 1. The minimum absolute atomic E-state index is 0.282. The van der Waals surface area contributed by atoms with E-state index in [0.29, 0.717) is 16.7 Å². The first-order valence-corrected chi connectivity index (χ1v) is 5.66. The topological polar surface area (TPSA) is 82.3 Å². The van der Waals surface area contributed by atoms with E-state index in [2.05, 4.69) is 0 Å². The molecule has 0 bridgehead atoms. The summed E-state index contributed by atoms with van der Waals surface area (Å²) in [7, 11) is 0. The van der Waals surface area contributed by atoms with Gasteiger partial charge in [-0.2, -0.15) is 0 Å². The summed E-state index contributed by atoms with van der Waals surface area (Å²) >= 11 is 0. The van der Waals surface area contributed by atoms with Gasteiger partial charge in [-0.3, -0.25) is 10.1 Å². The SMILES string of the molecule is Cc1cc(F)cc(C)c1C(N)c1ccc([N+](=O)[O-])o1. The van der Waals surface area contributed by atoms with Crippen LogP contribution in [0.2, 0.25) is 0 Å². The molecule has 2 rings (SSSR count). The van der Waals surface area contributed by atoms with Crippen LogP contribution in [-0.2, 0) is 0 Å². The zero-order chi connectivity index (χ0) is 14.2. The molecule has 6 heteroatoms. The third-order valence-corrected chi connectivity index (χ3v) is 2.97. The van der Waals surface area contributed by atoms with Crippen molar-refractivity contribution in [2.24, 2.45) is 5.73 Å². The fourth-order valence-electron chi connectivity index (χ4n) is 2.16. The lowest BCUT2D eigenvalue weighted by molar-refractivity contribution is -0.402. The summed E-state index contributed by atoms with van der Waals surface area (Å²) in [5, 5.41) is 10.6. The van der Waals surface area contributed by atoms with Crippen molar-refractivity contribution in [1.29, 1.82) is 0 Å². The number of benzene rings is 1. The van der Waals surface area contributed by atoms with E-state index in [9.17, 15) is 14.5 Å². The van der Waals surface area contributed by atoms with E-state index in [4.69, 9.17) is 10.2 Å². The van der Waals surface area contributed by atoms with Crippen LogP contribution in [0.3, 0.4) is 0 Å². The van der Waals surface area contributed by atoms with Crippen LogP contribution in [0.4, 0.5) is 10.3 Å². The molecule has 0 aliphatic carbocycles. The van der Waals surface area contributed by atoms with Crippen molar-refractivity contribution in [2.45, 2.75) is 19.9 Å². The zero-order valence-corrected chi connectivity index (χ0v) is 10.5. The van der Waals surface area contributed by atoms with Crippen LogP contribution in [0.15, 0.2) is 28.7 Å². The predicted molar refractivity (Wildman–Crippen MR) is 67.3 cm³/mol. The van der Waals surface area contributed by atoms with E-state index >= 15 is 0 Å². The Labute approximate surface area is 109 Å². The van der Waals surface area contributed by atoms with Gasteiger partial charge in [0.1, 0.15) is 16.5 Å². The second-order valence-electron chi connectivity index (χ2n) is 4.36. The van der Waals surface area contributed by atoms with E-state index in [-0.39, 0.29) is 17.5 Å². The van der Waals surface area contributed by atoms with Gasteiger partial charge in [-0.25, -0.2) is 4.39 Å². The zero-order valence-electron chi connectivity index (χ0n) is 10.5. The number of nitrogens with two attached hydrogens (primary N) is 1. The van der Waals surface area contributed by atoms with Crippen molar-refractivity contribution >= 4 is 5.88 Å². The Balaban J connectivity index is 2.43. The third kappa shape index (κ3) is 2.48. The Kier molecular flexibility index (Phi) is 3.35. The van der Waals surface area contributed by atoms with Crippen LogP contribution in [0.5, 0.6) is 0 Å². The van der Waals surface area contributed by atoms with E-state index in [1.807, 2.05) is 0 Å². The van der Waals surface area contributed by atoms with Crippen LogP contribution in [0.1, 0.15) is 28.5 Å². The summed E-state index contributed by atoms with van der Waals surface area (Å²) in [6, 6.07) is 4.81. The van der Waals surface area contributed by atoms with Crippen molar-refractivity contribution in [1.82, 2.24) is 0 Å². The molecule has 1 unspecified atom stereocenters. The first-order chi connectivity index (χ1) is 8.90. The molecular formula is C13H13FN2O3. The number of aryl methyl sites for hydroxylation is 2. The van der Waals surface area contributed by atoms with Gasteiger partial charge in [0.15, 0.2) is 0 Å². The minimum atomic E-state index is -0.658. The molecule has 0 aliphatic heterocycles. The number of rotatable bonds is 3. The monoisotopic (exact) mass is 264 g/mol. The molecule has 1 aromatic carbocycles. The maximum atomic E-state index is 13.2. The Hall–Kier alpha value is -2.21. The average molecular weight is 264 g/mol. The van der Waals surface area contributed by atoms with Gasteiger partial charge in [0.05, 0.1) is 12.1 Å². The minimum Gasteiger partial charge on any atom is -0.404 e. The second-order valence-corrected chi connectivity index (χ2v) is 4.36. The fourth-order valence-corrected chi connectivity index (χ4v) is 2.16. The summed E-state index contributed by atoms with van der Waals surface area (Å²) in [6.07, 6.45) is 0. The largest absolute Gasteiger partial charge is 0.433 e. The molecule has 0 saturated heterocycles. The summed E-state index contributed by atoms with van der Waals surface area (Å²) in [5.41, 5.74) is 8.12. The summed E-state index contributed by atoms with van der Waals surface area (Å²) in [4.78, 5) is 9.95. The van der Waals surface area contributed by atoms with E-state index < -0.39 is 11.0 Å². The maximum absolute atomic E-state index is 13.2. The molecule has 0 radical (unpaired) electrons. The molecule has 1 heterocycles. The highest BCUT2D eigenvalue weighted by Gasteiger charge is 2.21. The number of halogens is 1. The Bertz CT molecular complexity index is 614. The Morgan fingerprint density at radius 2 is 1.89 bits per heavy atom. The van der Waals surface area contributed by atoms with Gasteiger partial charge in [-0.1, -0.05) is 0 Å². The molecule has 100 valence electrons. The van der Waals surface area contributed by atoms with Crippen LogP contribution in [-0.4, -0.2) is 4.92 Å². The molecule has 1 atom stereocenters. The number of furan rings is 1.